The van der Waals surface area contributed by atoms with Crippen LogP contribution < -0.4 is 10.2 Å². The van der Waals surface area contributed by atoms with Gasteiger partial charge < -0.3 is 4.74 Å². The van der Waals surface area contributed by atoms with Gasteiger partial charge >= 0.3 is 0 Å². The molecule has 0 aliphatic carbocycles. The molecule has 0 aliphatic heterocycles. The quantitative estimate of drug-likeness (QED) is 0.614. The average molecular weight is 375 g/mol. The number of aryl methyl sites for hydroxylation is 1. The Morgan fingerprint density at radius 1 is 1.22 bits per heavy atom. The fraction of sp³-hybridized carbons (Fsp3) is 0.222. The number of hydrogen-bond acceptors (Lipinski definition) is 3. The molecule has 120 valence electrons. The fourth-order valence-electron chi connectivity index (χ4n) is 1.95. The summed E-state index contributed by atoms with van der Waals surface area (Å²) in [5.74, 6) is 0.341. The van der Waals surface area contributed by atoms with Crippen molar-refractivity contribution in [1.82, 2.24) is 5.43 Å². The van der Waals surface area contributed by atoms with Crippen LogP contribution in [0.3, 0.4) is 0 Å². The first-order valence-electron chi connectivity index (χ1n) is 7.40. The van der Waals surface area contributed by atoms with E-state index >= 15 is 0 Å². The molecule has 2 rings (SSSR count). The average Bonchev–Trinajstić information content (AvgIpc) is 2.59. The van der Waals surface area contributed by atoms with Crippen molar-refractivity contribution in [2.24, 2.45) is 5.10 Å². The van der Waals surface area contributed by atoms with Crippen molar-refractivity contribution in [3.8, 4) is 5.75 Å². The first-order chi connectivity index (χ1) is 11.1. The molecule has 0 aliphatic rings. The lowest BCUT2D eigenvalue weighted by Gasteiger charge is -2.08. The maximum Gasteiger partial charge on any atom is 0.277 e. The highest BCUT2D eigenvalue weighted by molar-refractivity contribution is 9.10. The number of carbonyl (C=O) groups is 1. The highest BCUT2D eigenvalue weighted by atomic mass is 79.9. The summed E-state index contributed by atoms with van der Waals surface area (Å²) in [5, 5.41) is 4.08. The van der Waals surface area contributed by atoms with Gasteiger partial charge in [0.15, 0.2) is 6.61 Å². The van der Waals surface area contributed by atoms with E-state index in [0.29, 0.717) is 5.75 Å². The Hall–Kier alpha value is -2.14. The molecular weight excluding hydrogens is 356 g/mol. The molecule has 4 nitrogen and oxygen atoms in total. The largest absolute Gasteiger partial charge is 0.483 e. The van der Waals surface area contributed by atoms with E-state index < -0.39 is 0 Å². The maximum absolute atomic E-state index is 11.8. The molecule has 2 aromatic rings. The summed E-state index contributed by atoms with van der Waals surface area (Å²) >= 11 is 3.45. The Balaban J connectivity index is 1.88. The lowest BCUT2D eigenvalue weighted by atomic mass is 10.1. The Morgan fingerprint density at radius 2 is 1.96 bits per heavy atom. The van der Waals surface area contributed by atoms with E-state index in [1.165, 1.54) is 5.56 Å². The molecule has 0 aromatic heterocycles. The van der Waals surface area contributed by atoms with Crippen LogP contribution in [0.1, 0.15) is 25.0 Å². The van der Waals surface area contributed by atoms with Crippen molar-refractivity contribution in [3.05, 3.63) is 64.1 Å². The zero-order chi connectivity index (χ0) is 16.7. The van der Waals surface area contributed by atoms with E-state index in [4.69, 9.17) is 4.74 Å². The van der Waals surface area contributed by atoms with Gasteiger partial charge in [-0.2, -0.15) is 5.10 Å². The molecular formula is C18H19BrN2O2. The van der Waals surface area contributed by atoms with Gasteiger partial charge in [-0.05, 0) is 52.5 Å². The lowest BCUT2D eigenvalue weighted by molar-refractivity contribution is -0.123. The SMILES string of the molecule is CCc1ccc(OCC(=O)NN=C(C)c2ccccc2)c(Br)c1. The van der Waals surface area contributed by atoms with E-state index in [1.807, 2.05) is 55.5 Å². The van der Waals surface area contributed by atoms with Crippen LogP contribution in [0.4, 0.5) is 0 Å². The van der Waals surface area contributed by atoms with E-state index in [9.17, 15) is 4.79 Å². The van der Waals surface area contributed by atoms with Gasteiger partial charge in [0.05, 0.1) is 10.2 Å². The second-order valence-electron chi connectivity index (χ2n) is 5.01. The number of benzene rings is 2. The lowest BCUT2D eigenvalue weighted by Crippen LogP contribution is -2.25. The van der Waals surface area contributed by atoms with E-state index in [2.05, 4.69) is 33.4 Å². The Morgan fingerprint density at radius 3 is 2.61 bits per heavy atom. The number of ether oxygens (including phenoxy) is 1. The minimum Gasteiger partial charge on any atom is -0.483 e. The van der Waals surface area contributed by atoms with Gasteiger partial charge in [-0.25, -0.2) is 5.43 Å². The number of rotatable bonds is 6. The summed E-state index contributed by atoms with van der Waals surface area (Å²) < 4.78 is 6.35. The third-order valence-corrected chi connectivity index (χ3v) is 3.92. The third kappa shape index (κ3) is 5.21. The van der Waals surface area contributed by atoms with Crippen LogP contribution in [0.2, 0.25) is 0 Å². The Bertz CT molecular complexity index is 699. The third-order valence-electron chi connectivity index (χ3n) is 3.30. The van der Waals surface area contributed by atoms with Gasteiger partial charge in [0.2, 0.25) is 0 Å². The number of hydrazone groups is 1. The van der Waals surface area contributed by atoms with Crippen LogP contribution >= 0.6 is 15.9 Å². The number of halogens is 1. The number of amides is 1. The molecule has 0 fully saturated rings. The normalized spacial score (nSPS) is 11.2. The van der Waals surface area contributed by atoms with Crippen molar-refractivity contribution in [3.63, 3.8) is 0 Å². The van der Waals surface area contributed by atoms with Crippen LogP contribution in [0.5, 0.6) is 5.75 Å². The highest BCUT2D eigenvalue weighted by Crippen LogP contribution is 2.26. The van der Waals surface area contributed by atoms with Crippen molar-refractivity contribution < 1.29 is 9.53 Å². The van der Waals surface area contributed by atoms with Crippen molar-refractivity contribution in [1.29, 1.82) is 0 Å². The molecule has 1 amide bonds. The predicted octanol–water partition coefficient (Wildman–Crippen LogP) is 3.93. The molecule has 0 atom stereocenters. The van der Waals surface area contributed by atoms with Gasteiger partial charge in [-0.1, -0.05) is 43.3 Å². The summed E-state index contributed by atoms with van der Waals surface area (Å²) in [4.78, 5) is 11.8. The maximum atomic E-state index is 11.8. The minimum atomic E-state index is -0.299. The Kier molecular flexibility index (Phi) is 6.35. The van der Waals surface area contributed by atoms with Crippen LogP contribution in [-0.2, 0) is 11.2 Å². The van der Waals surface area contributed by atoms with Gasteiger partial charge in [-0.3, -0.25) is 4.79 Å². The number of nitrogens with zero attached hydrogens (tertiary/aromatic N) is 1. The molecule has 0 saturated heterocycles. The zero-order valence-corrected chi connectivity index (χ0v) is 14.8. The van der Waals surface area contributed by atoms with E-state index in [1.54, 1.807) is 0 Å². The topological polar surface area (TPSA) is 50.7 Å². The van der Waals surface area contributed by atoms with Crippen molar-refractivity contribution >= 4 is 27.5 Å². The first-order valence-corrected chi connectivity index (χ1v) is 8.19. The summed E-state index contributed by atoms with van der Waals surface area (Å²) in [6, 6.07) is 15.5. The number of carbonyl (C=O) groups excluding carboxylic acids is 1. The predicted molar refractivity (Wildman–Crippen MR) is 95.8 cm³/mol. The standard InChI is InChI=1S/C18H19BrN2O2/c1-3-14-9-10-17(16(19)11-14)23-12-18(22)21-20-13(2)15-7-5-4-6-8-15/h4-11H,3,12H2,1-2H3,(H,21,22). The van der Waals surface area contributed by atoms with Gasteiger partial charge in [0.1, 0.15) is 5.75 Å². The molecule has 0 heterocycles. The van der Waals surface area contributed by atoms with Gasteiger partial charge in [0, 0.05) is 0 Å². The molecule has 2 aromatic carbocycles. The van der Waals surface area contributed by atoms with E-state index in [0.717, 1.165) is 22.2 Å². The van der Waals surface area contributed by atoms with Crippen LogP contribution in [0.15, 0.2) is 58.1 Å². The number of nitrogens with one attached hydrogen (secondary N) is 1. The van der Waals surface area contributed by atoms with Crippen molar-refractivity contribution in [2.75, 3.05) is 6.61 Å². The molecule has 1 N–H and O–H groups in total. The summed E-state index contributed by atoms with van der Waals surface area (Å²) in [5.41, 5.74) is 5.41. The zero-order valence-electron chi connectivity index (χ0n) is 13.2. The summed E-state index contributed by atoms with van der Waals surface area (Å²) in [6.45, 7) is 3.84. The minimum absolute atomic E-state index is 0.0877. The van der Waals surface area contributed by atoms with Crippen molar-refractivity contribution in [2.45, 2.75) is 20.3 Å². The molecule has 23 heavy (non-hydrogen) atoms. The van der Waals surface area contributed by atoms with Crippen LogP contribution in [-0.4, -0.2) is 18.2 Å². The van der Waals surface area contributed by atoms with E-state index in [-0.39, 0.29) is 12.5 Å². The smallest absolute Gasteiger partial charge is 0.277 e. The van der Waals surface area contributed by atoms with Crippen LogP contribution in [0.25, 0.3) is 0 Å². The fourth-order valence-corrected chi connectivity index (χ4v) is 2.49. The summed E-state index contributed by atoms with van der Waals surface area (Å²) in [6.07, 6.45) is 0.951. The van der Waals surface area contributed by atoms with Gasteiger partial charge in [-0.15, -0.1) is 0 Å². The summed E-state index contributed by atoms with van der Waals surface area (Å²) in [7, 11) is 0. The molecule has 0 spiro atoms. The second-order valence-corrected chi connectivity index (χ2v) is 5.86. The first kappa shape index (κ1) is 17.2. The van der Waals surface area contributed by atoms with Gasteiger partial charge in [0.25, 0.3) is 5.91 Å². The molecule has 0 saturated carbocycles. The van der Waals surface area contributed by atoms with Crippen LogP contribution in [0, 0.1) is 0 Å². The molecule has 0 radical (unpaired) electrons. The molecule has 0 bridgehead atoms. The second kappa shape index (κ2) is 8.48. The number of hydrogen-bond donors (Lipinski definition) is 1. The molecule has 0 unspecified atom stereocenters. The Labute approximate surface area is 144 Å². The monoisotopic (exact) mass is 374 g/mol. The highest BCUT2D eigenvalue weighted by Gasteiger charge is 2.06. The molecule has 5 heteroatoms.